The van der Waals surface area contributed by atoms with E-state index >= 15 is 0 Å². The maximum Gasteiger partial charge on any atom is 0.183 e. The molecule has 2 aromatic rings. The summed E-state index contributed by atoms with van der Waals surface area (Å²) in [5.74, 6) is -0.624. The largest absolute Gasteiger partial charge is 0.302 e. The van der Waals surface area contributed by atoms with Crippen molar-refractivity contribution < 1.29 is 13.2 Å². The van der Waals surface area contributed by atoms with Crippen molar-refractivity contribution in [3.63, 3.8) is 0 Å². The van der Waals surface area contributed by atoms with Gasteiger partial charge in [0.15, 0.2) is 9.84 Å². The Bertz CT molecular complexity index is 840. The molecular formula is C17H13NO3S. The van der Waals surface area contributed by atoms with E-state index in [9.17, 15) is 18.5 Å². The lowest BCUT2D eigenvalue weighted by molar-refractivity contribution is -0.110. The first-order valence-electron chi connectivity index (χ1n) is 6.79. The zero-order valence-electron chi connectivity index (χ0n) is 11.6. The molecule has 0 spiro atoms. The zero-order valence-corrected chi connectivity index (χ0v) is 12.4. The fraction of sp³-hybridized carbons (Fsp3) is 0.176. The molecule has 0 bridgehead atoms. The molecule has 1 fully saturated rings. The first-order chi connectivity index (χ1) is 10.6. The van der Waals surface area contributed by atoms with Gasteiger partial charge in [0.25, 0.3) is 0 Å². The Balaban J connectivity index is 2.10. The molecule has 3 atom stereocenters. The van der Waals surface area contributed by atoms with Crippen LogP contribution in [0.5, 0.6) is 0 Å². The van der Waals surface area contributed by atoms with Gasteiger partial charge in [-0.1, -0.05) is 48.5 Å². The van der Waals surface area contributed by atoms with Crippen LogP contribution in [0.3, 0.4) is 0 Å². The van der Waals surface area contributed by atoms with Crippen molar-refractivity contribution in [3.8, 4) is 6.07 Å². The molecule has 0 amide bonds. The summed E-state index contributed by atoms with van der Waals surface area (Å²) >= 11 is 0. The number of hydrogen-bond acceptors (Lipinski definition) is 4. The summed E-state index contributed by atoms with van der Waals surface area (Å²) < 4.78 is 25.6. The van der Waals surface area contributed by atoms with Crippen LogP contribution < -0.4 is 0 Å². The second-order valence-corrected chi connectivity index (χ2v) is 7.40. The van der Waals surface area contributed by atoms with E-state index in [4.69, 9.17) is 0 Å². The lowest BCUT2D eigenvalue weighted by Gasteiger charge is -2.03. The molecule has 0 radical (unpaired) electrons. The van der Waals surface area contributed by atoms with Gasteiger partial charge in [0, 0.05) is 5.92 Å². The number of sulfone groups is 1. The Morgan fingerprint density at radius 1 is 1.00 bits per heavy atom. The third-order valence-corrected chi connectivity index (χ3v) is 6.39. The number of nitrogens with zero attached hydrogens (tertiary/aromatic N) is 1. The summed E-state index contributed by atoms with van der Waals surface area (Å²) in [4.78, 5) is 11.6. The van der Waals surface area contributed by atoms with Crippen LogP contribution in [0.2, 0.25) is 0 Å². The summed E-state index contributed by atoms with van der Waals surface area (Å²) in [6.45, 7) is 0. The Hall–Kier alpha value is -2.45. The van der Waals surface area contributed by atoms with Crippen molar-refractivity contribution in [2.24, 2.45) is 5.41 Å². The van der Waals surface area contributed by atoms with Gasteiger partial charge in [-0.05, 0) is 17.7 Å². The molecule has 0 aliphatic heterocycles. The van der Waals surface area contributed by atoms with Crippen LogP contribution in [0.4, 0.5) is 0 Å². The predicted molar refractivity (Wildman–Crippen MR) is 80.7 cm³/mol. The molecule has 110 valence electrons. The highest BCUT2D eigenvalue weighted by Crippen LogP contribution is 2.62. The van der Waals surface area contributed by atoms with Gasteiger partial charge in [0.2, 0.25) is 0 Å². The van der Waals surface area contributed by atoms with Crippen LogP contribution in [0.25, 0.3) is 0 Å². The van der Waals surface area contributed by atoms with Crippen LogP contribution in [0, 0.1) is 16.7 Å². The maximum absolute atomic E-state index is 12.8. The second-order valence-electron chi connectivity index (χ2n) is 5.33. The molecule has 0 unspecified atom stereocenters. The first-order valence-corrected chi connectivity index (χ1v) is 8.34. The van der Waals surface area contributed by atoms with Gasteiger partial charge in [-0.15, -0.1) is 0 Å². The molecular weight excluding hydrogens is 298 g/mol. The zero-order chi connectivity index (χ0) is 15.8. The number of benzene rings is 2. The van der Waals surface area contributed by atoms with E-state index in [0.717, 1.165) is 0 Å². The highest BCUT2D eigenvalue weighted by atomic mass is 32.2. The van der Waals surface area contributed by atoms with E-state index in [-0.39, 0.29) is 4.90 Å². The van der Waals surface area contributed by atoms with Crippen LogP contribution in [0.1, 0.15) is 11.5 Å². The number of carbonyl (C=O) groups is 1. The monoisotopic (exact) mass is 311 g/mol. The van der Waals surface area contributed by atoms with E-state index < -0.39 is 26.4 Å². The number of rotatable bonds is 4. The van der Waals surface area contributed by atoms with E-state index in [1.54, 1.807) is 42.5 Å². The van der Waals surface area contributed by atoms with Crippen molar-refractivity contribution in [3.05, 3.63) is 66.2 Å². The lowest BCUT2D eigenvalue weighted by Crippen LogP contribution is -2.16. The molecule has 2 aromatic carbocycles. The fourth-order valence-electron chi connectivity index (χ4n) is 2.98. The summed E-state index contributed by atoms with van der Waals surface area (Å²) in [7, 11) is -3.75. The summed E-state index contributed by atoms with van der Waals surface area (Å²) in [6.07, 6.45) is 0.482. The molecule has 5 heteroatoms. The van der Waals surface area contributed by atoms with E-state index in [1.807, 2.05) is 12.1 Å². The lowest BCUT2D eigenvalue weighted by atomic mass is 10.0. The fourth-order valence-corrected chi connectivity index (χ4v) is 5.24. The van der Waals surface area contributed by atoms with Crippen molar-refractivity contribution in [2.45, 2.75) is 16.1 Å². The van der Waals surface area contributed by atoms with Gasteiger partial charge in [-0.3, -0.25) is 0 Å². The number of carbonyl (C=O) groups excluding carboxylic acids is 1. The quantitative estimate of drug-likeness (QED) is 0.812. The minimum Gasteiger partial charge on any atom is -0.302 e. The minimum atomic E-state index is -3.75. The number of hydrogen-bond donors (Lipinski definition) is 0. The normalized spacial score (nSPS) is 26.9. The van der Waals surface area contributed by atoms with Gasteiger partial charge in [0.1, 0.15) is 17.0 Å². The van der Waals surface area contributed by atoms with Crippen LogP contribution in [-0.4, -0.2) is 20.0 Å². The molecule has 0 N–H and O–H groups in total. The van der Waals surface area contributed by atoms with Gasteiger partial charge in [-0.2, -0.15) is 5.26 Å². The average molecular weight is 311 g/mol. The SMILES string of the molecule is N#C[C@]1(C=O)[C@H](c2ccccc2)[C@@H]1S(=O)(=O)c1ccccc1. The molecule has 0 aromatic heterocycles. The van der Waals surface area contributed by atoms with Gasteiger partial charge in [0.05, 0.1) is 11.0 Å². The third-order valence-electron chi connectivity index (χ3n) is 4.13. The molecule has 1 saturated carbocycles. The van der Waals surface area contributed by atoms with Gasteiger partial charge >= 0.3 is 0 Å². The third kappa shape index (κ3) is 1.96. The molecule has 4 nitrogen and oxygen atoms in total. The van der Waals surface area contributed by atoms with Crippen LogP contribution in [0.15, 0.2) is 65.6 Å². The predicted octanol–water partition coefficient (Wildman–Crippen LogP) is 2.34. The molecule has 1 aliphatic rings. The maximum atomic E-state index is 12.8. The van der Waals surface area contributed by atoms with Crippen molar-refractivity contribution >= 4 is 16.1 Å². The molecule has 0 heterocycles. The smallest absolute Gasteiger partial charge is 0.183 e. The molecule has 1 aliphatic carbocycles. The van der Waals surface area contributed by atoms with Gasteiger partial charge in [-0.25, -0.2) is 8.42 Å². The highest BCUT2D eigenvalue weighted by Gasteiger charge is 2.72. The van der Waals surface area contributed by atoms with Gasteiger partial charge < -0.3 is 4.79 Å². The molecule has 0 saturated heterocycles. The van der Waals surface area contributed by atoms with Crippen molar-refractivity contribution in [2.75, 3.05) is 0 Å². The first kappa shape index (κ1) is 14.5. The Morgan fingerprint density at radius 2 is 1.55 bits per heavy atom. The number of aldehydes is 1. The Kier molecular flexibility index (Phi) is 3.34. The van der Waals surface area contributed by atoms with E-state index in [2.05, 4.69) is 0 Å². The van der Waals surface area contributed by atoms with Crippen molar-refractivity contribution in [1.82, 2.24) is 0 Å². The highest BCUT2D eigenvalue weighted by molar-refractivity contribution is 7.92. The van der Waals surface area contributed by atoms with E-state index in [1.165, 1.54) is 12.1 Å². The summed E-state index contributed by atoms with van der Waals surface area (Å²) in [5, 5.41) is 8.39. The van der Waals surface area contributed by atoms with Crippen LogP contribution >= 0.6 is 0 Å². The standard InChI is InChI=1S/C17H13NO3S/c18-11-17(12-19)15(13-7-3-1-4-8-13)16(17)22(20,21)14-9-5-2-6-10-14/h1-10,12,15-16H/t15-,16+,17+/m1/s1. The molecule has 22 heavy (non-hydrogen) atoms. The average Bonchev–Trinajstić information content (AvgIpc) is 3.27. The summed E-state index contributed by atoms with van der Waals surface area (Å²) in [5.41, 5.74) is -0.809. The van der Waals surface area contributed by atoms with Crippen molar-refractivity contribution in [1.29, 1.82) is 5.26 Å². The Morgan fingerprint density at radius 3 is 2.05 bits per heavy atom. The van der Waals surface area contributed by atoms with E-state index in [0.29, 0.717) is 11.8 Å². The summed E-state index contributed by atoms with van der Waals surface area (Å²) in [6, 6.07) is 18.7. The topological polar surface area (TPSA) is 75.0 Å². The second kappa shape index (κ2) is 5.08. The minimum absolute atomic E-state index is 0.139. The Labute approximate surface area is 128 Å². The molecule has 3 rings (SSSR count). The number of nitriles is 1. The van der Waals surface area contributed by atoms with Crippen LogP contribution in [-0.2, 0) is 14.6 Å².